The van der Waals surface area contributed by atoms with Crippen LogP contribution in [0.1, 0.15) is 49.1 Å². The average Bonchev–Trinajstić information content (AvgIpc) is 3.04. The van der Waals surface area contributed by atoms with E-state index in [0.717, 1.165) is 29.9 Å². The molecule has 1 aliphatic rings. The Bertz CT molecular complexity index is 510. The lowest BCUT2D eigenvalue weighted by Gasteiger charge is -2.23. The Morgan fingerprint density at radius 3 is 2.52 bits per heavy atom. The molecule has 0 unspecified atom stereocenters. The van der Waals surface area contributed by atoms with Crippen molar-refractivity contribution in [2.24, 2.45) is 5.41 Å². The van der Waals surface area contributed by atoms with Gasteiger partial charge >= 0.3 is 5.97 Å². The lowest BCUT2D eigenvalue weighted by Crippen LogP contribution is -2.41. The molecule has 6 nitrogen and oxygen atoms in total. The number of carbonyl (C=O) groups is 2. The van der Waals surface area contributed by atoms with E-state index >= 15 is 0 Å². The molecule has 2 rings (SSSR count). The molecule has 0 bridgehead atoms. The molecule has 1 amide bonds. The quantitative estimate of drug-likeness (QED) is 0.837. The van der Waals surface area contributed by atoms with Gasteiger partial charge in [-0.2, -0.15) is 0 Å². The largest absolute Gasteiger partial charge is 0.481 e. The van der Waals surface area contributed by atoms with Gasteiger partial charge in [-0.25, -0.2) is 0 Å². The van der Waals surface area contributed by atoms with Crippen molar-refractivity contribution in [2.75, 3.05) is 6.54 Å². The molecule has 1 fully saturated rings. The zero-order valence-electron chi connectivity index (χ0n) is 12.6. The number of rotatable bonds is 6. The third kappa shape index (κ3) is 3.43. The summed E-state index contributed by atoms with van der Waals surface area (Å²) in [7, 11) is 0. The second kappa shape index (κ2) is 6.28. The number of aromatic nitrogens is 1. The first-order valence-corrected chi connectivity index (χ1v) is 7.36. The maximum absolute atomic E-state index is 11.9. The third-order valence-corrected chi connectivity index (χ3v) is 4.42. The summed E-state index contributed by atoms with van der Waals surface area (Å²) in [6, 6.07) is 0. The smallest absolute Gasteiger partial charge is 0.311 e. The van der Waals surface area contributed by atoms with Crippen LogP contribution in [0.4, 0.5) is 0 Å². The van der Waals surface area contributed by atoms with Gasteiger partial charge in [0.2, 0.25) is 5.91 Å². The van der Waals surface area contributed by atoms with Crippen molar-refractivity contribution in [2.45, 2.75) is 52.4 Å². The van der Waals surface area contributed by atoms with Crippen molar-refractivity contribution in [1.82, 2.24) is 10.5 Å². The molecule has 0 radical (unpaired) electrons. The van der Waals surface area contributed by atoms with Gasteiger partial charge in [0, 0.05) is 18.5 Å². The van der Waals surface area contributed by atoms with Crippen LogP contribution in [0.3, 0.4) is 0 Å². The zero-order chi connectivity index (χ0) is 15.5. The van der Waals surface area contributed by atoms with Crippen molar-refractivity contribution in [1.29, 1.82) is 0 Å². The molecule has 0 saturated heterocycles. The van der Waals surface area contributed by atoms with Crippen molar-refractivity contribution in [3.8, 4) is 0 Å². The number of carboxylic acid groups (broad SMARTS) is 1. The fourth-order valence-corrected chi connectivity index (χ4v) is 2.97. The summed E-state index contributed by atoms with van der Waals surface area (Å²) < 4.78 is 5.06. The Labute approximate surface area is 123 Å². The Balaban J connectivity index is 1.84. The van der Waals surface area contributed by atoms with Crippen molar-refractivity contribution in [3.05, 3.63) is 17.0 Å². The molecule has 1 aromatic rings. The number of carboxylic acids is 1. The maximum Gasteiger partial charge on any atom is 0.311 e. The minimum absolute atomic E-state index is 0.123. The predicted octanol–water partition coefficient (Wildman–Crippen LogP) is 1.99. The van der Waals surface area contributed by atoms with E-state index in [1.54, 1.807) is 0 Å². The molecule has 1 aliphatic carbocycles. The zero-order valence-corrected chi connectivity index (χ0v) is 12.6. The summed E-state index contributed by atoms with van der Waals surface area (Å²) in [5.41, 5.74) is 0.996. The first-order chi connectivity index (χ1) is 9.94. The standard InChI is InChI=1S/C15H22N2O4/c1-10-12(11(2)21-17-10)5-6-13(18)16-9-15(14(19)20)7-3-4-8-15/h3-9H2,1-2H3,(H,16,18)(H,19,20). The van der Waals surface area contributed by atoms with E-state index in [1.807, 2.05) is 13.8 Å². The van der Waals surface area contributed by atoms with Crippen LogP contribution in [0.25, 0.3) is 0 Å². The van der Waals surface area contributed by atoms with Crippen LogP contribution in [0.2, 0.25) is 0 Å². The number of hydrogen-bond acceptors (Lipinski definition) is 4. The van der Waals surface area contributed by atoms with Gasteiger partial charge in [-0.05, 0) is 33.1 Å². The third-order valence-electron chi connectivity index (χ3n) is 4.42. The molecule has 2 N–H and O–H groups in total. The van der Waals surface area contributed by atoms with Crippen molar-refractivity contribution < 1.29 is 19.2 Å². The van der Waals surface area contributed by atoms with Crippen molar-refractivity contribution >= 4 is 11.9 Å². The second-order valence-corrected chi connectivity index (χ2v) is 5.87. The minimum atomic E-state index is -0.800. The van der Waals surface area contributed by atoms with E-state index in [1.165, 1.54) is 0 Å². The molecule has 1 aromatic heterocycles. The molecule has 116 valence electrons. The number of hydrogen-bond donors (Lipinski definition) is 2. The molecule has 0 atom stereocenters. The number of aryl methyl sites for hydroxylation is 2. The second-order valence-electron chi connectivity index (χ2n) is 5.87. The normalized spacial score (nSPS) is 16.9. The SMILES string of the molecule is Cc1noc(C)c1CCC(=O)NCC1(C(=O)O)CCCC1. The van der Waals surface area contributed by atoms with E-state index in [2.05, 4.69) is 10.5 Å². The Morgan fingerprint density at radius 1 is 1.33 bits per heavy atom. The first kappa shape index (κ1) is 15.5. The summed E-state index contributed by atoms with van der Waals surface area (Å²) in [6.45, 7) is 3.90. The van der Waals surface area contributed by atoms with Gasteiger partial charge in [-0.3, -0.25) is 9.59 Å². The van der Waals surface area contributed by atoms with Gasteiger partial charge in [0.1, 0.15) is 5.76 Å². The highest BCUT2D eigenvalue weighted by molar-refractivity contribution is 5.79. The van der Waals surface area contributed by atoms with Crippen LogP contribution >= 0.6 is 0 Å². The first-order valence-electron chi connectivity index (χ1n) is 7.36. The van der Waals surface area contributed by atoms with Crippen LogP contribution < -0.4 is 5.32 Å². The van der Waals surface area contributed by atoms with Gasteiger partial charge < -0.3 is 14.9 Å². The topological polar surface area (TPSA) is 92.4 Å². The van der Waals surface area contributed by atoms with Crippen LogP contribution in [0.5, 0.6) is 0 Å². The van der Waals surface area contributed by atoms with E-state index in [0.29, 0.717) is 25.7 Å². The number of aliphatic carboxylic acids is 1. The lowest BCUT2D eigenvalue weighted by atomic mass is 9.86. The highest BCUT2D eigenvalue weighted by atomic mass is 16.5. The summed E-state index contributed by atoms with van der Waals surface area (Å²) >= 11 is 0. The van der Waals surface area contributed by atoms with Gasteiger partial charge in [0.15, 0.2) is 0 Å². The molecular weight excluding hydrogens is 272 g/mol. The van der Waals surface area contributed by atoms with Crippen molar-refractivity contribution in [3.63, 3.8) is 0 Å². The van der Waals surface area contributed by atoms with E-state index < -0.39 is 11.4 Å². The fraction of sp³-hybridized carbons (Fsp3) is 0.667. The molecule has 1 heterocycles. The predicted molar refractivity (Wildman–Crippen MR) is 75.8 cm³/mol. The van der Waals surface area contributed by atoms with Crippen LogP contribution in [-0.4, -0.2) is 28.7 Å². The lowest BCUT2D eigenvalue weighted by molar-refractivity contribution is -0.148. The Morgan fingerprint density at radius 2 is 2.00 bits per heavy atom. The molecule has 21 heavy (non-hydrogen) atoms. The van der Waals surface area contributed by atoms with Gasteiger partial charge in [0.25, 0.3) is 0 Å². The number of nitrogens with zero attached hydrogens (tertiary/aromatic N) is 1. The molecule has 1 saturated carbocycles. The molecule has 0 spiro atoms. The molecule has 0 aliphatic heterocycles. The monoisotopic (exact) mass is 294 g/mol. The minimum Gasteiger partial charge on any atom is -0.481 e. The van der Waals surface area contributed by atoms with E-state index in [-0.39, 0.29) is 12.5 Å². The Kier molecular flexibility index (Phi) is 4.65. The summed E-state index contributed by atoms with van der Waals surface area (Å²) in [5, 5.41) is 16.0. The highest BCUT2D eigenvalue weighted by Crippen LogP contribution is 2.37. The van der Waals surface area contributed by atoms with Gasteiger partial charge in [-0.15, -0.1) is 0 Å². The van der Waals surface area contributed by atoms with Gasteiger partial charge in [-0.1, -0.05) is 18.0 Å². The van der Waals surface area contributed by atoms with Crippen LogP contribution in [0.15, 0.2) is 4.52 Å². The van der Waals surface area contributed by atoms with E-state index in [9.17, 15) is 14.7 Å². The highest BCUT2D eigenvalue weighted by Gasteiger charge is 2.41. The summed E-state index contributed by atoms with van der Waals surface area (Å²) in [5.74, 6) is -0.188. The Hall–Kier alpha value is -1.85. The van der Waals surface area contributed by atoms with Gasteiger partial charge in [0.05, 0.1) is 11.1 Å². The van der Waals surface area contributed by atoms with Crippen LogP contribution in [-0.2, 0) is 16.0 Å². The summed E-state index contributed by atoms with van der Waals surface area (Å²) in [6.07, 6.45) is 4.01. The molecule has 0 aromatic carbocycles. The average molecular weight is 294 g/mol. The number of carbonyl (C=O) groups excluding carboxylic acids is 1. The maximum atomic E-state index is 11.9. The number of amides is 1. The van der Waals surface area contributed by atoms with Crippen LogP contribution in [0, 0.1) is 19.3 Å². The fourth-order valence-electron chi connectivity index (χ4n) is 2.97. The summed E-state index contributed by atoms with van der Waals surface area (Å²) in [4.78, 5) is 23.3. The number of nitrogens with one attached hydrogen (secondary N) is 1. The molecule has 6 heteroatoms. The molecular formula is C15H22N2O4. The van der Waals surface area contributed by atoms with E-state index in [4.69, 9.17) is 4.52 Å².